The summed E-state index contributed by atoms with van der Waals surface area (Å²) in [4.78, 5) is 0. The quantitative estimate of drug-likeness (QED) is 0.852. The Morgan fingerprint density at radius 3 is 2.00 bits per heavy atom. The lowest BCUT2D eigenvalue weighted by Crippen LogP contribution is -2.02. The van der Waals surface area contributed by atoms with E-state index in [1.54, 1.807) is 0 Å². The van der Waals surface area contributed by atoms with E-state index >= 15 is 0 Å². The third kappa shape index (κ3) is 3.49. The molecule has 1 N–H and O–H groups in total. The fraction of sp³-hybridized carbons (Fsp3) is 0.368. The normalized spacial score (nSPS) is 12.7. The van der Waals surface area contributed by atoms with Crippen LogP contribution in [0.5, 0.6) is 0 Å². The highest BCUT2D eigenvalue weighted by Gasteiger charge is 2.09. The number of hydrogen-bond acceptors (Lipinski definition) is 1. The summed E-state index contributed by atoms with van der Waals surface area (Å²) in [5, 5.41) is 10.4. The first-order chi connectivity index (χ1) is 9.47. The molecule has 0 aromatic heterocycles. The minimum absolute atomic E-state index is 0.432. The summed E-state index contributed by atoms with van der Waals surface area (Å²) in [6.45, 7) is 8.59. The zero-order chi connectivity index (χ0) is 14.7. The van der Waals surface area contributed by atoms with Crippen molar-refractivity contribution in [2.24, 2.45) is 0 Å². The molecule has 0 heterocycles. The van der Waals surface area contributed by atoms with Crippen molar-refractivity contribution in [1.82, 2.24) is 0 Å². The lowest BCUT2D eigenvalue weighted by Gasteiger charge is -2.14. The van der Waals surface area contributed by atoms with Gasteiger partial charge >= 0.3 is 0 Å². The summed E-state index contributed by atoms with van der Waals surface area (Å²) in [7, 11) is 0. The van der Waals surface area contributed by atoms with E-state index in [1.807, 2.05) is 12.1 Å². The third-order valence-electron chi connectivity index (χ3n) is 3.99. The van der Waals surface area contributed by atoms with Crippen molar-refractivity contribution >= 4 is 0 Å². The van der Waals surface area contributed by atoms with E-state index in [2.05, 4.69) is 58.0 Å². The lowest BCUT2D eigenvalue weighted by atomic mass is 9.96. The lowest BCUT2D eigenvalue weighted by molar-refractivity contribution is 0.178. The van der Waals surface area contributed by atoms with E-state index in [4.69, 9.17) is 0 Å². The first-order valence-electron chi connectivity index (χ1n) is 7.31. The van der Waals surface area contributed by atoms with Gasteiger partial charge in [-0.05, 0) is 47.6 Å². The Labute approximate surface area is 122 Å². The van der Waals surface area contributed by atoms with Crippen LogP contribution in [0.25, 0.3) is 0 Å². The van der Waals surface area contributed by atoms with Crippen LogP contribution in [-0.2, 0) is 6.42 Å². The molecule has 0 amide bonds. The molecule has 106 valence electrons. The molecule has 0 saturated heterocycles. The van der Waals surface area contributed by atoms with Gasteiger partial charge in [-0.1, -0.05) is 56.3 Å². The minimum Gasteiger partial charge on any atom is -0.388 e. The number of aliphatic hydroxyl groups excluding tert-OH is 1. The largest absolute Gasteiger partial charge is 0.388 e. The van der Waals surface area contributed by atoms with Gasteiger partial charge in [0.05, 0.1) is 6.10 Å². The first-order valence-corrected chi connectivity index (χ1v) is 7.31. The Bertz CT molecular complexity index is 567. The third-order valence-corrected chi connectivity index (χ3v) is 3.99. The van der Waals surface area contributed by atoms with Crippen molar-refractivity contribution in [3.8, 4) is 0 Å². The number of aliphatic hydroxyl groups is 1. The molecule has 1 heteroatoms. The van der Waals surface area contributed by atoms with E-state index in [0.29, 0.717) is 12.3 Å². The van der Waals surface area contributed by atoms with Crippen molar-refractivity contribution in [3.63, 3.8) is 0 Å². The minimum atomic E-state index is -0.432. The molecule has 2 aromatic rings. The highest BCUT2D eigenvalue weighted by molar-refractivity contribution is 5.32. The molecule has 2 aromatic carbocycles. The highest BCUT2D eigenvalue weighted by Crippen LogP contribution is 2.22. The van der Waals surface area contributed by atoms with E-state index < -0.39 is 6.10 Å². The molecule has 0 aliphatic heterocycles. The molecule has 0 spiro atoms. The molecule has 20 heavy (non-hydrogen) atoms. The standard InChI is InChI=1S/C19H24O/c1-13(2)17-7-9-18(10-8-17)19(20)12-16-6-5-14(3)15(4)11-16/h5-11,13,19-20H,12H2,1-4H3. The summed E-state index contributed by atoms with van der Waals surface area (Å²) >= 11 is 0. The van der Waals surface area contributed by atoms with Crippen LogP contribution in [0.4, 0.5) is 0 Å². The number of rotatable bonds is 4. The second kappa shape index (κ2) is 6.23. The number of hydrogen-bond donors (Lipinski definition) is 1. The molecule has 0 radical (unpaired) electrons. The maximum Gasteiger partial charge on any atom is 0.0830 e. The van der Waals surface area contributed by atoms with Gasteiger partial charge in [0.2, 0.25) is 0 Å². The van der Waals surface area contributed by atoms with Crippen LogP contribution >= 0.6 is 0 Å². The van der Waals surface area contributed by atoms with Gasteiger partial charge in [-0.3, -0.25) is 0 Å². The second-order valence-electron chi connectivity index (χ2n) is 5.96. The average molecular weight is 268 g/mol. The molecule has 1 nitrogen and oxygen atoms in total. The molecular weight excluding hydrogens is 244 g/mol. The van der Waals surface area contributed by atoms with Gasteiger partial charge in [0.1, 0.15) is 0 Å². The molecule has 0 saturated carbocycles. The van der Waals surface area contributed by atoms with Gasteiger partial charge in [-0.25, -0.2) is 0 Å². The Morgan fingerprint density at radius 1 is 0.850 bits per heavy atom. The van der Waals surface area contributed by atoms with E-state index in [-0.39, 0.29) is 0 Å². The maximum atomic E-state index is 10.4. The Kier molecular flexibility index (Phi) is 4.61. The van der Waals surface area contributed by atoms with Crippen LogP contribution in [0.15, 0.2) is 42.5 Å². The number of aryl methyl sites for hydroxylation is 2. The summed E-state index contributed by atoms with van der Waals surface area (Å²) in [6, 6.07) is 14.7. The summed E-state index contributed by atoms with van der Waals surface area (Å²) in [5.41, 5.74) is 6.07. The topological polar surface area (TPSA) is 20.2 Å². The molecule has 0 aliphatic rings. The van der Waals surface area contributed by atoms with Crippen molar-refractivity contribution in [1.29, 1.82) is 0 Å². The Balaban J connectivity index is 2.10. The summed E-state index contributed by atoms with van der Waals surface area (Å²) in [5.74, 6) is 0.529. The van der Waals surface area contributed by atoms with Gasteiger partial charge in [0.15, 0.2) is 0 Å². The SMILES string of the molecule is Cc1ccc(CC(O)c2ccc(C(C)C)cc2)cc1C. The predicted octanol–water partition coefficient (Wildman–Crippen LogP) is 4.70. The molecule has 0 aliphatic carbocycles. The number of benzene rings is 2. The van der Waals surface area contributed by atoms with Gasteiger partial charge < -0.3 is 5.11 Å². The molecule has 0 bridgehead atoms. The molecular formula is C19H24O. The van der Waals surface area contributed by atoms with Crippen LogP contribution in [0.3, 0.4) is 0 Å². The smallest absolute Gasteiger partial charge is 0.0830 e. The van der Waals surface area contributed by atoms with Crippen molar-refractivity contribution in [2.45, 2.75) is 46.1 Å². The predicted molar refractivity (Wildman–Crippen MR) is 85.1 cm³/mol. The molecule has 2 rings (SSSR count). The van der Waals surface area contributed by atoms with Crippen molar-refractivity contribution < 1.29 is 5.11 Å². The second-order valence-corrected chi connectivity index (χ2v) is 5.96. The van der Waals surface area contributed by atoms with Gasteiger partial charge in [0, 0.05) is 6.42 Å². The summed E-state index contributed by atoms with van der Waals surface area (Å²) in [6.07, 6.45) is 0.237. The molecule has 0 fully saturated rings. The van der Waals surface area contributed by atoms with Crippen LogP contribution < -0.4 is 0 Å². The van der Waals surface area contributed by atoms with Crippen LogP contribution in [0, 0.1) is 13.8 Å². The van der Waals surface area contributed by atoms with Crippen LogP contribution in [0.2, 0.25) is 0 Å². The fourth-order valence-corrected chi connectivity index (χ4v) is 2.37. The van der Waals surface area contributed by atoms with Gasteiger partial charge in [0.25, 0.3) is 0 Å². The monoisotopic (exact) mass is 268 g/mol. The van der Waals surface area contributed by atoms with E-state index in [0.717, 1.165) is 5.56 Å². The Hall–Kier alpha value is -1.60. The van der Waals surface area contributed by atoms with Crippen molar-refractivity contribution in [2.75, 3.05) is 0 Å². The fourth-order valence-electron chi connectivity index (χ4n) is 2.37. The maximum absolute atomic E-state index is 10.4. The van der Waals surface area contributed by atoms with E-state index in [1.165, 1.54) is 22.3 Å². The van der Waals surface area contributed by atoms with E-state index in [9.17, 15) is 5.11 Å². The molecule has 1 unspecified atom stereocenters. The Morgan fingerprint density at radius 2 is 1.45 bits per heavy atom. The zero-order valence-electron chi connectivity index (χ0n) is 12.9. The first kappa shape index (κ1) is 14.8. The average Bonchev–Trinajstić information content (AvgIpc) is 2.43. The van der Waals surface area contributed by atoms with Crippen LogP contribution in [-0.4, -0.2) is 5.11 Å². The zero-order valence-corrected chi connectivity index (χ0v) is 12.9. The van der Waals surface area contributed by atoms with Crippen LogP contribution in [0.1, 0.15) is 53.7 Å². The summed E-state index contributed by atoms with van der Waals surface area (Å²) < 4.78 is 0. The molecule has 1 atom stereocenters. The van der Waals surface area contributed by atoms with Crippen molar-refractivity contribution in [3.05, 3.63) is 70.3 Å². The highest BCUT2D eigenvalue weighted by atomic mass is 16.3. The van der Waals surface area contributed by atoms with Gasteiger partial charge in [-0.2, -0.15) is 0 Å². The van der Waals surface area contributed by atoms with Gasteiger partial charge in [-0.15, -0.1) is 0 Å².